The Morgan fingerprint density at radius 3 is 2.24 bits per heavy atom. The molecule has 0 spiro atoms. The van der Waals surface area contributed by atoms with E-state index in [4.69, 9.17) is 14.2 Å². The topological polar surface area (TPSA) is 61.8 Å². The van der Waals surface area contributed by atoms with Crippen molar-refractivity contribution in [2.45, 2.75) is 51.4 Å². The van der Waals surface area contributed by atoms with Crippen molar-refractivity contribution in [2.75, 3.05) is 13.2 Å². The summed E-state index contributed by atoms with van der Waals surface area (Å²) < 4.78 is 17.6. The van der Waals surface area contributed by atoms with E-state index < -0.39 is 0 Å². The van der Waals surface area contributed by atoms with E-state index >= 15 is 0 Å². The van der Waals surface area contributed by atoms with Crippen LogP contribution in [0.1, 0.15) is 56.9 Å². The Morgan fingerprint density at radius 1 is 1.00 bits per heavy atom. The third-order valence-electron chi connectivity index (χ3n) is 5.60. The van der Waals surface area contributed by atoms with E-state index in [1.807, 2.05) is 25.1 Å². The molecule has 0 saturated carbocycles. The fourth-order valence-electron chi connectivity index (χ4n) is 4.39. The fraction of sp³-hybridized carbons (Fsp3) is 0.417. The summed E-state index contributed by atoms with van der Waals surface area (Å²) in [6.07, 6.45) is 5.72. The van der Waals surface area contributed by atoms with Crippen LogP contribution in [0.4, 0.5) is 0 Å². The number of carbonyl (C=O) groups is 2. The van der Waals surface area contributed by atoms with E-state index in [0.29, 0.717) is 48.7 Å². The highest BCUT2D eigenvalue weighted by Crippen LogP contribution is 2.48. The van der Waals surface area contributed by atoms with Gasteiger partial charge < -0.3 is 14.2 Å². The Morgan fingerprint density at radius 2 is 1.66 bits per heavy atom. The Kier molecular flexibility index (Phi) is 5.56. The molecule has 0 atom stereocenters. The van der Waals surface area contributed by atoms with Crippen LogP contribution in [0.5, 0.6) is 11.5 Å². The average Bonchev–Trinajstić information content (AvgIpc) is 2.72. The molecule has 0 unspecified atom stereocenters. The molecule has 152 valence electrons. The minimum Gasteiger partial charge on any atom is -0.490 e. The van der Waals surface area contributed by atoms with E-state index in [0.717, 1.165) is 42.8 Å². The van der Waals surface area contributed by atoms with Gasteiger partial charge in [-0.15, -0.1) is 0 Å². The summed E-state index contributed by atoms with van der Waals surface area (Å²) in [5.41, 5.74) is 2.16. The van der Waals surface area contributed by atoms with E-state index in [1.165, 1.54) is 0 Å². The van der Waals surface area contributed by atoms with Gasteiger partial charge in [-0.3, -0.25) is 9.59 Å². The van der Waals surface area contributed by atoms with Crippen molar-refractivity contribution >= 4 is 11.6 Å². The van der Waals surface area contributed by atoms with Crippen LogP contribution in [0, 0.1) is 0 Å². The maximum Gasteiger partial charge on any atom is 0.163 e. The highest BCUT2D eigenvalue weighted by Gasteiger charge is 2.41. The smallest absolute Gasteiger partial charge is 0.163 e. The SMILES string of the molecule is C=CCOc1ccc(C2C3=C(CCCC3=O)OC3=C2C(=O)CCC3)cc1OCC. The lowest BCUT2D eigenvalue weighted by molar-refractivity contribution is -0.117. The molecule has 1 aliphatic heterocycles. The highest BCUT2D eigenvalue weighted by molar-refractivity contribution is 6.05. The first kappa shape index (κ1) is 19.5. The molecule has 0 amide bonds. The van der Waals surface area contributed by atoms with Crippen molar-refractivity contribution in [1.29, 1.82) is 0 Å². The van der Waals surface area contributed by atoms with E-state index in [9.17, 15) is 9.59 Å². The number of rotatable bonds is 6. The third-order valence-corrected chi connectivity index (χ3v) is 5.60. The van der Waals surface area contributed by atoms with Crippen molar-refractivity contribution in [3.05, 3.63) is 59.1 Å². The lowest BCUT2D eigenvalue weighted by Gasteiger charge is -2.36. The normalized spacial score (nSPS) is 19.5. The van der Waals surface area contributed by atoms with Crippen LogP contribution < -0.4 is 9.47 Å². The summed E-state index contributed by atoms with van der Waals surface area (Å²) >= 11 is 0. The lowest BCUT2D eigenvalue weighted by atomic mass is 9.73. The molecule has 3 aliphatic rings. The van der Waals surface area contributed by atoms with Gasteiger partial charge in [-0.25, -0.2) is 0 Å². The van der Waals surface area contributed by atoms with E-state index in [-0.39, 0.29) is 17.5 Å². The Labute approximate surface area is 171 Å². The molecule has 5 heteroatoms. The molecule has 0 radical (unpaired) electrons. The van der Waals surface area contributed by atoms with E-state index in [1.54, 1.807) is 6.08 Å². The molecular formula is C24H26O5. The van der Waals surface area contributed by atoms with Crippen molar-refractivity contribution in [1.82, 2.24) is 0 Å². The van der Waals surface area contributed by atoms with Gasteiger partial charge in [0.25, 0.3) is 0 Å². The van der Waals surface area contributed by atoms with Crippen LogP contribution in [0.3, 0.4) is 0 Å². The molecule has 4 rings (SSSR count). The maximum atomic E-state index is 12.9. The summed E-state index contributed by atoms with van der Waals surface area (Å²) in [7, 11) is 0. The van der Waals surface area contributed by atoms with Gasteiger partial charge in [-0.2, -0.15) is 0 Å². The number of hydrogen-bond acceptors (Lipinski definition) is 5. The molecule has 0 bridgehead atoms. The Balaban J connectivity index is 1.83. The summed E-state index contributed by atoms with van der Waals surface area (Å²) in [4.78, 5) is 25.7. The van der Waals surface area contributed by atoms with Crippen LogP contribution in [-0.4, -0.2) is 24.8 Å². The second kappa shape index (κ2) is 8.27. The van der Waals surface area contributed by atoms with Crippen molar-refractivity contribution in [3.8, 4) is 11.5 Å². The zero-order valence-corrected chi connectivity index (χ0v) is 16.8. The van der Waals surface area contributed by atoms with Gasteiger partial charge in [0.15, 0.2) is 23.1 Å². The largest absolute Gasteiger partial charge is 0.490 e. The third kappa shape index (κ3) is 3.61. The second-order valence-electron chi connectivity index (χ2n) is 7.50. The summed E-state index contributed by atoms with van der Waals surface area (Å²) in [6, 6.07) is 5.67. The second-order valence-corrected chi connectivity index (χ2v) is 7.50. The van der Waals surface area contributed by atoms with Gasteiger partial charge in [0.05, 0.1) is 6.61 Å². The van der Waals surface area contributed by atoms with E-state index in [2.05, 4.69) is 6.58 Å². The number of benzene rings is 1. The minimum absolute atomic E-state index is 0.0751. The van der Waals surface area contributed by atoms with Crippen molar-refractivity contribution < 1.29 is 23.8 Å². The standard InChI is InChI=1S/C24H26O5/c1-3-13-28-18-12-11-15(14-21(18)27-4-2)22-23-16(25)7-5-9-19(23)29-20-10-6-8-17(26)24(20)22/h3,11-12,14,22H,1,4-10,13H2,2H3. The molecular weight excluding hydrogens is 368 g/mol. The highest BCUT2D eigenvalue weighted by atomic mass is 16.5. The first-order chi connectivity index (χ1) is 14.1. The first-order valence-corrected chi connectivity index (χ1v) is 10.3. The predicted octanol–water partition coefficient (Wildman–Crippen LogP) is 4.78. The zero-order chi connectivity index (χ0) is 20.4. The van der Waals surface area contributed by atoms with Crippen molar-refractivity contribution in [2.24, 2.45) is 0 Å². The Bertz CT molecular complexity index is 879. The quantitative estimate of drug-likeness (QED) is 0.650. The van der Waals surface area contributed by atoms with Gasteiger partial charge in [0, 0.05) is 42.7 Å². The molecule has 0 N–H and O–H groups in total. The lowest BCUT2D eigenvalue weighted by Crippen LogP contribution is -2.30. The van der Waals surface area contributed by atoms with Gasteiger partial charge in [0.2, 0.25) is 0 Å². The van der Waals surface area contributed by atoms with Crippen LogP contribution >= 0.6 is 0 Å². The minimum atomic E-state index is -0.387. The number of carbonyl (C=O) groups excluding carboxylic acids is 2. The molecule has 1 aromatic carbocycles. The van der Waals surface area contributed by atoms with Crippen LogP contribution in [-0.2, 0) is 14.3 Å². The fourth-order valence-corrected chi connectivity index (χ4v) is 4.39. The van der Waals surface area contributed by atoms with Crippen LogP contribution in [0.15, 0.2) is 53.5 Å². The zero-order valence-electron chi connectivity index (χ0n) is 16.8. The molecule has 1 aromatic rings. The number of hydrogen-bond donors (Lipinski definition) is 0. The monoisotopic (exact) mass is 394 g/mol. The van der Waals surface area contributed by atoms with Crippen LogP contribution in [0.25, 0.3) is 0 Å². The maximum absolute atomic E-state index is 12.9. The molecule has 0 aromatic heterocycles. The van der Waals surface area contributed by atoms with Crippen molar-refractivity contribution in [3.63, 3.8) is 0 Å². The molecule has 29 heavy (non-hydrogen) atoms. The molecule has 1 heterocycles. The van der Waals surface area contributed by atoms with Gasteiger partial charge in [-0.1, -0.05) is 18.7 Å². The Hall–Kier alpha value is -2.82. The summed E-state index contributed by atoms with van der Waals surface area (Å²) in [5.74, 6) is 2.47. The molecule has 0 fully saturated rings. The number of allylic oxidation sites excluding steroid dienone is 4. The molecule has 2 aliphatic carbocycles. The van der Waals surface area contributed by atoms with Gasteiger partial charge in [-0.05, 0) is 37.5 Å². The summed E-state index contributed by atoms with van der Waals surface area (Å²) in [6.45, 7) is 6.46. The summed E-state index contributed by atoms with van der Waals surface area (Å²) in [5, 5.41) is 0. The molecule has 0 saturated heterocycles. The van der Waals surface area contributed by atoms with Gasteiger partial charge >= 0.3 is 0 Å². The first-order valence-electron chi connectivity index (χ1n) is 10.3. The number of ketones is 2. The predicted molar refractivity (Wildman–Crippen MR) is 109 cm³/mol. The van der Waals surface area contributed by atoms with Crippen LogP contribution in [0.2, 0.25) is 0 Å². The molecule has 5 nitrogen and oxygen atoms in total. The number of ether oxygens (including phenoxy) is 3. The van der Waals surface area contributed by atoms with Gasteiger partial charge in [0.1, 0.15) is 18.1 Å². The number of Topliss-reactive ketones (excluding diaryl/α,β-unsaturated/α-hetero) is 2. The average molecular weight is 394 g/mol.